The standard InChI is InChI=1S/C25H27N3O2S/c29-24(26-20-6-8-21(9-7-20)27-13-15-30-16-14-27)18-28-12-10-23-22(11-17-31-23)25(28)19-4-2-1-3-5-19/h1-9,11,17,25H,10,12-16,18H2,(H,26,29). The first-order valence-electron chi connectivity index (χ1n) is 10.9. The predicted molar refractivity (Wildman–Crippen MR) is 126 cm³/mol. The normalized spacial score (nSPS) is 19.1. The van der Waals surface area contributed by atoms with Gasteiger partial charge < -0.3 is 15.0 Å². The van der Waals surface area contributed by atoms with Crippen LogP contribution in [0.4, 0.5) is 11.4 Å². The molecule has 0 spiro atoms. The number of amides is 1. The maximum atomic E-state index is 12.9. The van der Waals surface area contributed by atoms with Crippen LogP contribution in [-0.4, -0.2) is 50.2 Å². The molecule has 1 amide bonds. The van der Waals surface area contributed by atoms with Gasteiger partial charge in [-0.25, -0.2) is 0 Å². The second kappa shape index (κ2) is 9.22. The number of benzene rings is 2. The van der Waals surface area contributed by atoms with Crippen LogP contribution in [0.5, 0.6) is 0 Å². The van der Waals surface area contributed by atoms with Gasteiger partial charge in [-0.3, -0.25) is 9.69 Å². The van der Waals surface area contributed by atoms with E-state index in [1.807, 2.05) is 29.5 Å². The number of ether oxygens (including phenoxy) is 1. The van der Waals surface area contributed by atoms with Crippen LogP contribution < -0.4 is 10.2 Å². The Morgan fingerprint density at radius 3 is 2.55 bits per heavy atom. The van der Waals surface area contributed by atoms with Gasteiger partial charge in [0.2, 0.25) is 5.91 Å². The lowest BCUT2D eigenvalue weighted by atomic mass is 9.93. The van der Waals surface area contributed by atoms with Gasteiger partial charge in [0.05, 0.1) is 25.8 Å². The number of carbonyl (C=O) groups excluding carboxylic acids is 1. The third-order valence-corrected chi connectivity index (χ3v) is 7.05. The fourth-order valence-electron chi connectivity index (χ4n) is 4.53. The van der Waals surface area contributed by atoms with Crippen molar-refractivity contribution >= 4 is 28.6 Å². The van der Waals surface area contributed by atoms with Gasteiger partial charge in [0.15, 0.2) is 0 Å². The van der Waals surface area contributed by atoms with Crippen molar-refractivity contribution in [2.24, 2.45) is 0 Å². The van der Waals surface area contributed by atoms with E-state index in [1.54, 1.807) is 0 Å². The Bertz CT molecular complexity index is 1010. The minimum Gasteiger partial charge on any atom is -0.378 e. The summed E-state index contributed by atoms with van der Waals surface area (Å²) in [5.41, 5.74) is 4.59. The second-order valence-corrected chi connectivity index (χ2v) is 9.03. The van der Waals surface area contributed by atoms with Crippen LogP contribution in [0, 0.1) is 0 Å². The molecule has 1 N–H and O–H groups in total. The summed E-state index contributed by atoms with van der Waals surface area (Å²) in [6.07, 6.45) is 0.998. The summed E-state index contributed by atoms with van der Waals surface area (Å²) in [6.45, 7) is 4.61. The Balaban J connectivity index is 1.27. The van der Waals surface area contributed by atoms with Crippen molar-refractivity contribution < 1.29 is 9.53 Å². The molecule has 0 radical (unpaired) electrons. The fraction of sp³-hybridized carbons (Fsp3) is 0.320. The summed E-state index contributed by atoms with van der Waals surface area (Å²) in [4.78, 5) is 19.0. The van der Waals surface area contributed by atoms with E-state index in [0.29, 0.717) is 6.54 Å². The zero-order valence-corrected chi connectivity index (χ0v) is 18.3. The predicted octanol–water partition coefficient (Wildman–Crippen LogP) is 4.17. The minimum atomic E-state index is 0.0266. The number of rotatable bonds is 5. The zero-order valence-electron chi connectivity index (χ0n) is 17.5. The van der Waals surface area contributed by atoms with Crippen LogP contribution in [0.1, 0.15) is 22.0 Å². The van der Waals surface area contributed by atoms with Crippen LogP contribution in [0.25, 0.3) is 0 Å². The number of anilines is 2. The van der Waals surface area contributed by atoms with Crippen LogP contribution >= 0.6 is 11.3 Å². The molecule has 1 aromatic heterocycles. The van der Waals surface area contributed by atoms with Crippen molar-refractivity contribution in [3.8, 4) is 0 Å². The van der Waals surface area contributed by atoms with Gasteiger partial charge in [-0.2, -0.15) is 0 Å². The first kappa shape index (κ1) is 20.2. The highest BCUT2D eigenvalue weighted by Crippen LogP contribution is 2.37. The highest BCUT2D eigenvalue weighted by Gasteiger charge is 2.30. The average Bonchev–Trinajstić information content (AvgIpc) is 3.29. The lowest BCUT2D eigenvalue weighted by Gasteiger charge is -2.35. The van der Waals surface area contributed by atoms with E-state index in [9.17, 15) is 4.79 Å². The molecule has 0 aliphatic carbocycles. The molecule has 31 heavy (non-hydrogen) atoms. The lowest BCUT2D eigenvalue weighted by Crippen LogP contribution is -2.40. The molecule has 2 aliphatic heterocycles. The SMILES string of the molecule is O=C(CN1CCc2sccc2C1c1ccccc1)Nc1ccc(N2CCOCC2)cc1. The van der Waals surface area contributed by atoms with Crippen LogP contribution in [-0.2, 0) is 16.0 Å². The van der Waals surface area contributed by atoms with Gasteiger partial charge in [0.25, 0.3) is 0 Å². The van der Waals surface area contributed by atoms with E-state index >= 15 is 0 Å². The Labute approximate surface area is 187 Å². The minimum absolute atomic E-state index is 0.0266. The number of hydrogen-bond acceptors (Lipinski definition) is 5. The van der Waals surface area contributed by atoms with E-state index in [0.717, 1.165) is 45.0 Å². The third-order valence-electron chi connectivity index (χ3n) is 6.05. The summed E-state index contributed by atoms with van der Waals surface area (Å²) < 4.78 is 5.42. The van der Waals surface area contributed by atoms with Gasteiger partial charge in [-0.1, -0.05) is 30.3 Å². The van der Waals surface area contributed by atoms with Crippen molar-refractivity contribution in [1.82, 2.24) is 4.90 Å². The Kier molecular flexibility index (Phi) is 6.02. The molecule has 3 aromatic rings. The topological polar surface area (TPSA) is 44.8 Å². The zero-order chi connectivity index (χ0) is 21.0. The lowest BCUT2D eigenvalue weighted by molar-refractivity contribution is -0.117. The molecular formula is C25H27N3O2S. The molecule has 2 aliphatic rings. The number of hydrogen-bond donors (Lipinski definition) is 1. The van der Waals surface area contributed by atoms with E-state index < -0.39 is 0 Å². The molecule has 5 rings (SSSR count). The van der Waals surface area contributed by atoms with Gasteiger partial charge >= 0.3 is 0 Å². The van der Waals surface area contributed by atoms with E-state index in [1.165, 1.54) is 21.7 Å². The second-order valence-electron chi connectivity index (χ2n) is 8.03. The molecule has 5 nitrogen and oxygen atoms in total. The number of nitrogens with one attached hydrogen (secondary N) is 1. The molecule has 1 fully saturated rings. The monoisotopic (exact) mass is 433 g/mol. The molecule has 0 saturated carbocycles. The molecule has 3 heterocycles. The van der Waals surface area contributed by atoms with E-state index in [2.05, 4.69) is 63.0 Å². The van der Waals surface area contributed by atoms with Crippen LogP contribution in [0.15, 0.2) is 66.0 Å². The third kappa shape index (κ3) is 4.51. The number of nitrogens with zero attached hydrogens (tertiary/aromatic N) is 2. The largest absolute Gasteiger partial charge is 0.378 e. The van der Waals surface area contributed by atoms with Crippen LogP contribution in [0.3, 0.4) is 0 Å². The first-order chi connectivity index (χ1) is 15.3. The molecule has 1 saturated heterocycles. The number of morpholine rings is 1. The Morgan fingerprint density at radius 2 is 1.77 bits per heavy atom. The van der Waals surface area contributed by atoms with Crippen molar-refractivity contribution in [3.63, 3.8) is 0 Å². The molecule has 0 bridgehead atoms. The molecular weight excluding hydrogens is 406 g/mol. The smallest absolute Gasteiger partial charge is 0.238 e. The average molecular weight is 434 g/mol. The van der Waals surface area contributed by atoms with Crippen molar-refractivity contribution in [1.29, 1.82) is 0 Å². The quantitative estimate of drug-likeness (QED) is 0.656. The van der Waals surface area contributed by atoms with Gasteiger partial charge in [0, 0.05) is 35.9 Å². The van der Waals surface area contributed by atoms with Gasteiger partial charge in [-0.05, 0) is 53.3 Å². The van der Waals surface area contributed by atoms with E-state index in [-0.39, 0.29) is 11.9 Å². The fourth-order valence-corrected chi connectivity index (χ4v) is 5.43. The van der Waals surface area contributed by atoms with Gasteiger partial charge in [0.1, 0.15) is 0 Å². The van der Waals surface area contributed by atoms with Crippen molar-refractivity contribution in [2.75, 3.05) is 49.6 Å². The van der Waals surface area contributed by atoms with E-state index in [4.69, 9.17) is 4.74 Å². The molecule has 160 valence electrons. The summed E-state index contributed by atoms with van der Waals surface area (Å²) >= 11 is 1.82. The Morgan fingerprint density at radius 1 is 1.00 bits per heavy atom. The van der Waals surface area contributed by atoms with Gasteiger partial charge in [-0.15, -0.1) is 11.3 Å². The number of carbonyl (C=O) groups is 1. The number of fused-ring (bicyclic) bond motifs is 1. The summed E-state index contributed by atoms with van der Waals surface area (Å²) in [5.74, 6) is 0.0266. The summed E-state index contributed by atoms with van der Waals surface area (Å²) in [6, 6.07) is 21.0. The summed E-state index contributed by atoms with van der Waals surface area (Å²) in [7, 11) is 0. The number of thiophene rings is 1. The maximum absolute atomic E-state index is 12.9. The molecule has 1 atom stereocenters. The maximum Gasteiger partial charge on any atom is 0.238 e. The van der Waals surface area contributed by atoms with Crippen molar-refractivity contribution in [3.05, 3.63) is 82.0 Å². The molecule has 6 heteroatoms. The van der Waals surface area contributed by atoms with Crippen LogP contribution in [0.2, 0.25) is 0 Å². The Hall–Kier alpha value is -2.67. The van der Waals surface area contributed by atoms with Crippen molar-refractivity contribution in [2.45, 2.75) is 12.5 Å². The highest BCUT2D eigenvalue weighted by atomic mass is 32.1. The molecule has 2 aromatic carbocycles. The highest BCUT2D eigenvalue weighted by molar-refractivity contribution is 7.10. The molecule has 1 unspecified atom stereocenters. The first-order valence-corrected chi connectivity index (χ1v) is 11.7. The summed E-state index contributed by atoms with van der Waals surface area (Å²) in [5, 5.41) is 5.25.